The van der Waals surface area contributed by atoms with Crippen LogP contribution in [0, 0.1) is 0 Å². The predicted molar refractivity (Wildman–Crippen MR) is 97.7 cm³/mol. The molecule has 1 aromatic carbocycles. The number of carbonyl (C=O) groups excluding carboxylic acids is 2. The van der Waals surface area contributed by atoms with E-state index in [0.717, 1.165) is 37.1 Å². The summed E-state index contributed by atoms with van der Waals surface area (Å²) in [4.78, 5) is 26.4. The molecule has 0 unspecified atom stereocenters. The predicted octanol–water partition coefficient (Wildman–Crippen LogP) is 2.33. The Bertz CT molecular complexity index is 591. The average molecular weight is 347 g/mol. The van der Waals surface area contributed by atoms with Gasteiger partial charge in [0, 0.05) is 19.1 Å². The van der Waals surface area contributed by atoms with Crippen LogP contribution in [0.4, 0.5) is 4.79 Å². The number of hydrogen-bond acceptors (Lipinski definition) is 3. The standard InChI is InChI=1S/C19H29N3O3/c1-14-8-6-7-13-22(14)18(23)15(2)21-19(24)20-12-11-16-9-4-5-10-17(16)25-3/h4-5,9-10,14-15H,6-8,11-13H2,1-3H3,(H2,20,21,24)/t14-,15+/m0/s1. The van der Waals surface area contributed by atoms with E-state index in [1.54, 1.807) is 14.0 Å². The zero-order valence-electron chi connectivity index (χ0n) is 15.4. The fourth-order valence-electron chi connectivity index (χ4n) is 3.20. The molecule has 6 nitrogen and oxygen atoms in total. The van der Waals surface area contributed by atoms with Crippen molar-refractivity contribution in [1.29, 1.82) is 0 Å². The lowest BCUT2D eigenvalue weighted by molar-refractivity contribution is -0.136. The molecule has 1 aliphatic rings. The third kappa shape index (κ3) is 5.37. The summed E-state index contributed by atoms with van der Waals surface area (Å²) >= 11 is 0. The van der Waals surface area contributed by atoms with Crippen molar-refractivity contribution in [3.8, 4) is 5.75 Å². The van der Waals surface area contributed by atoms with Crippen molar-refractivity contribution < 1.29 is 14.3 Å². The molecule has 0 saturated carbocycles. The Morgan fingerprint density at radius 3 is 2.80 bits per heavy atom. The molecule has 6 heteroatoms. The van der Waals surface area contributed by atoms with E-state index in [1.807, 2.05) is 29.2 Å². The number of amides is 3. The molecule has 2 atom stereocenters. The first-order chi connectivity index (χ1) is 12.0. The van der Waals surface area contributed by atoms with Gasteiger partial charge in [-0.15, -0.1) is 0 Å². The van der Waals surface area contributed by atoms with Crippen LogP contribution in [0.1, 0.15) is 38.7 Å². The Balaban J connectivity index is 1.76. The summed E-state index contributed by atoms with van der Waals surface area (Å²) in [5.74, 6) is 0.805. The molecule has 1 heterocycles. The first-order valence-electron chi connectivity index (χ1n) is 8.99. The largest absolute Gasteiger partial charge is 0.496 e. The van der Waals surface area contributed by atoms with Crippen LogP contribution in [-0.4, -0.2) is 49.1 Å². The van der Waals surface area contributed by atoms with E-state index in [-0.39, 0.29) is 18.0 Å². The van der Waals surface area contributed by atoms with Gasteiger partial charge in [0.05, 0.1) is 7.11 Å². The summed E-state index contributed by atoms with van der Waals surface area (Å²) in [6.07, 6.45) is 3.90. The van der Waals surface area contributed by atoms with Crippen molar-refractivity contribution >= 4 is 11.9 Å². The molecular formula is C19H29N3O3. The Morgan fingerprint density at radius 2 is 2.08 bits per heavy atom. The van der Waals surface area contributed by atoms with Gasteiger partial charge in [-0.3, -0.25) is 4.79 Å². The topological polar surface area (TPSA) is 70.7 Å². The van der Waals surface area contributed by atoms with Crippen LogP contribution in [0.15, 0.2) is 24.3 Å². The van der Waals surface area contributed by atoms with Crippen LogP contribution in [-0.2, 0) is 11.2 Å². The average Bonchev–Trinajstić information content (AvgIpc) is 2.62. The highest BCUT2D eigenvalue weighted by molar-refractivity contribution is 5.87. The van der Waals surface area contributed by atoms with Crippen LogP contribution in [0.2, 0.25) is 0 Å². The van der Waals surface area contributed by atoms with Gasteiger partial charge in [-0.2, -0.15) is 0 Å². The minimum Gasteiger partial charge on any atom is -0.496 e. The number of hydrogen-bond donors (Lipinski definition) is 2. The minimum absolute atomic E-state index is 0.00733. The Hall–Kier alpha value is -2.24. The molecule has 0 aliphatic carbocycles. The van der Waals surface area contributed by atoms with Gasteiger partial charge in [0.1, 0.15) is 11.8 Å². The Kier molecular flexibility index (Phi) is 7.10. The highest BCUT2D eigenvalue weighted by Crippen LogP contribution is 2.18. The molecule has 0 spiro atoms. The van der Waals surface area contributed by atoms with E-state index in [9.17, 15) is 9.59 Å². The minimum atomic E-state index is -0.521. The number of piperidine rings is 1. The lowest BCUT2D eigenvalue weighted by Gasteiger charge is -2.35. The number of carbonyl (C=O) groups is 2. The first-order valence-corrected chi connectivity index (χ1v) is 8.99. The smallest absolute Gasteiger partial charge is 0.315 e. The van der Waals surface area contributed by atoms with Crippen LogP contribution >= 0.6 is 0 Å². The number of likely N-dealkylation sites (tertiary alicyclic amines) is 1. The van der Waals surface area contributed by atoms with E-state index in [0.29, 0.717) is 13.0 Å². The van der Waals surface area contributed by atoms with Gasteiger partial charge in [-0.1, -0.05) is 18.2 Å². The van der Waals surface area contributed by atoms with Crippen molar-refractivity contribution in [3.05, 3.63) is 29.8 Å². The second-order valence-corrected chi connectivity index (χ2v) is 6.56. The molecule has 0 radical (unpaired) electrons. The third-order valence-corrected chi connectivity index (χ3v) is 4.68. The van der Waals surface area contributed by atoms with Crippen LogP contribution in [0.5, 0.6) is 5.75 Å². The summed E-state index contributed by atoms with van der Waals surface area (Å²) in [6.45, 7) is 5.06. The number of ether oxygens (including phenoxy) is 1. The van der Waals surface area contributed by atoms with Crippen LogP contribution in [0.25, 0.3) is 0 Å². The number of nitrogens with one attached hydrogen (secondary N) is 2. The molecule has 138 valence electrons. The van der Waals surface area contributed by atoms with Crippen molar-refractivity contribution in [1.82, 2.24) is 15.5 Å². The number of para-hydroxylation sites is 1. The molecule has 2 rings (SSSR count). The zero-order chi connectivity index (χ0) is 18.2. The second-order valence-electron chi connectivity index (χ2n) is 6.56. The molecule has 25 heavy (non-hydrogen) atoms. The number of benzene rings is 1. The van der Waals surface area contributed by atoms with Crippen molar-refractivity contribution in [2.24, 2.45) is 0 Å². The zero-order valence-corrected chi connectivity index (χ0v) is 15.4. The number of urea groups is 1. The number of rotatable bonds is 6. The lowest BCUT2D eigenvalue weighted by Crippen LogP contribution is -2.53. The van der Waals surface area contributed by atoms with Gasteiger partial charge >= 0.3 is 6.03 Å². The highest BCUT2D eigenvalue weighted by atomic mass is 16.5. The molecule has 1 fully saturated rings. The fraction of sp³-hybridized carbons (Fsp3) is 0.579. The Morgan fingerprint density at radius 1 is 1.32 bits per heavy atom. The molecule has 1 saturated heterocycles. The molecule has 0 aromatic heterocycles. The monoisotopic (exact) mass is 347 g/mol. The summed E-state index contributed by atoms with van der Waals surface area (Å²) < 4.78 is 5.30. The van der Waals surface area contributed by atoms with Crippen LogP contribution < -0.4 is 15.4 Å². The fourth-order valence-corrected chi connectivity index (χ4v) is 3.20. The maximum atomic E-state index is 12.5. The molecule has 2 N–H and O–H groups in total. The Labute approximate surface area is 149 Å². The van der Waals surface area contributed by atoms with Gasteiger partial charge in [0.2, 0.25) is 5.91 Å². The maximum Gasteiger partial charge on any atom is 0.315 e. The van der Waals surface area contributed by atoms with Crippen molar-refractivity contribution in [2.45, 2.75) is 51.6 Å². The molecule has 1 aliphatic heterocycles. The lowest BCUT2D eigenvalue weighted by atomic mass is 10.0. The van der Waals surface area contributed by atoms with E-state index >= 15 is 0 Å². The summed E-state index contributed by atoms with van der Waals surface area (Å²) in [5.41, 5.74) is 1.04. The van der Waals surface area contributed by atoms with Gasteiger partial charge in [-0.25, -0.2) is 4.79 Å². The van der Waals surface area contributed by atoms with Crippen molar-refractivity contribution in [3.63, 3.8) is 0 Å². The number of methoxy groups -OCH3 is 1. The van der Waals surface area contributed by atoms with E-state index in [2.05, 4.69) is 17.6 Å². The van der Waals surface area contributed by atoms with Gasteiger partial charge in [-0.05, 0) is 51.2 Å². The van der Waals surface area contributed by atoms with Gasteiger partial charge < -0.3 is 20.3 Å². The summed E-state index contributed by atoms with van der Waals surface area (Å²) in [6, 6.07) is 7.14. The molecule has 1 aromatic rings. The number of nitrogens with zero attached hydrogens (tertiary/aromatic N) is 1. The first kappa shape index (κ1) is 19.1. The summed E-state index contributed by atoms with van der Waals surface area (Å²) in [5, 5.41) is 5.55. The van der Waals surface area contributed by atoms with Crippen LogP contribution in [0.3, 0.4) is 0 Å². The molecule has 3 amide bonds. The second kappa shape index (κ2) is 9.30. The van der Waals surface area contributed by atoms with E-state index < -0.39 is 6.04 Å². The quantitative estimate of drug-likeness (QED) is 0.830. The normalized spacial score (nSPS) is 18.4. The van der Waals surface area contributed by atoms with E-state index in [4.69, 9.17) is 4.74 Å². The molecule has 0 bridgehead atoms. The SMILES string of the molecule is COc1ccccc1CCNC(=O)N[C@H](C)C(=O)N1CCCC[C@@H]1C. The van der Waals surface area contributed by atoms with Crippen molar-refractivity contribution in [2.75, 3.05) is 20.2 Å². The highest BCUT2D eigenvalue weighted by Gasteiger charge is 2.27. The molecular weight excluding hydrogens is 318 g/mol. The third-order valence-electron chi connectivity index (χ3n) is 4.68. The maximum absolute atomic E-state index is 12.5. The van der Waals surface area contributed by atoms with E-state index in [1.165, 1.54) is 0 Å². The van der Waals surface area contributed by atoms with Gasteiger partial charge in [0.15, 0.2) is 0 Å². The summed E-state index contributed by atoms with van der Waals surface area (Å²) in [7, 11) is 1.63. The van der Waals surface area contributed by atoms with Gasteiger partial charge in [0.25, 0.3) is 0 Å².